The molecule has 2 nitrogen and oxygen atoms in total. The van der Waals surface area contributed by atoms with Gasteiger partial charge in [-0.25, -0.2) is 0 Å². The summed E-state index contributed by atoms with van der Waals surface area (Å²) in [5, 5.41) is 9.96. The van der Waals surface area contributed by atoms with E-state index >= 15 is 0 Å². The van der Waals surface area contributed by atoms with Crippen LogP contribution >= 0.6 is 12.4 Å². The summed E-state index contributed by atoms with van der Waals surface area (Å²) in [6, 6.07) is 6.31. The zero-order valence-corrected chi connectivity index (χ0v) is 12.0. The van der Waals surface area contributed by atoms with Gasteiger partial charge in [-0.2, -0.15) is 0 Å². The molecule has 19 heavy (non-hydrogen) atoms. The van der Waals surface area contributed by atoms with Crippen molar-refractivity contribution in [1.82, 2.24) is 4.90 Å². The van der Waals surface area contributed by atoms with Crippen molar-refractivity contribution in [2.45, 2.75) is 25.3 Å². The van der Waals surface area contributed by atoms with E-state index in [1.54, 1.807) is 6.07 Å². The molecule has 1 aromatic carbocycles. The van der Waals surface area contributed by atoms with Crippen molar-refractivity contribution in [3.05, 3.63) is 54.6 Å². The monoisotopic (exact) mass is 279 g/mol. The van der Waals surface area contributed by atoms with Crippen molar-refractivity contribution in [2.24, 2.45) is 0 Å². The van der Waals surface area contributed by atoms with Crippen molar-refractivity contribution in [2.75, 3.05) is 13.1 Å². The van der Waals surface area contributed by atoms with Crippen molar-refractivity contribution < 1.29 is 5.11 Å². The van der Waals surface area contributed by atoms with Crippen molar-refractivity contribution in [1.29, 1.82) is 0 Å². The fraction of sp³-hybridized carbons (Fsp3) is 0.375. The van der Waals surface area contributed by atoms with Gasteiger partial charge in [0, 0.05) is 19.1 Å². The minimum atomic E-state index is 0. The number of fused-ring (bicyclic) bond motifs is 1. The molecule has 0 heterocycles. The Labute approximate surface area is 121 Å². The van der Waals surface area contributed by atoms with Crippen LogP contribution in [-0.4, -0.2) is 29.1 Å². The van der Waals surface area contributed by atoms with Gasteiger partial charge in [-0.1, -0.05) is 24.3 Å². The first-order chi connectivity index (χ1) is 8.76. The Kier molecular flexibility index (Phi) is 6.13. The Morgan fingerprint density at radius 2 is 1.95 bits per heavy atom. The van der Waals surface area contributed by atoms with Crippen molar-refractivity contribution in [3.8, 4) is 5.75 Å². The quantitative estimate of drug-likeness (QED) is 0.836. The fourth-order valence-electron chi connectivity index (χ4n) is 2.77. The molecule has 0 radical (unpaired) electrons. The smallest absolute Gasteiger partial charge is 0.119 e. The molecular weight excluding hydrogens is 258 g/mol. The number of aromatic hydroxyl groups is 1. The molecule has 104 valence electrons. The summed E-state index contributed by atoms with van der Waals surface area (Å²) in [6.45, 7) is 9.38. The highest BCUT2D eigenvalue weighted by atomic mass is 35.5. The molecule has 0 aliphatic heterocycles. The molecule has 1 N–H and O–H groups in total. The highest BCUT2D eigenvalue weighted by molar-refractivity contribution is 5.85. The van der Waals surface area contributed by atoms with Gasteiger partial charge in [-0.05, 0) is 36.5 Å². The number of hydrogen-bond donors (Lipinski definition) is 1. The van der Waals surface area contributed by atoms with Gasteiger partial charge in [0.15, 0.2) is 0 Å². The molecule has 0 bridgehead atoms. The summed E-state index contributed by atoms with van der Waals surface area (Å²) >= 11 is 0. The average Bonchev–Trinajstić information content (AvgIpc) is 2.39. The molecule has 0 saturated carbocycles. The normalized spacial score (nSPS) is 17.4. The summed E-state index contributed by atoms with van der Waals surface area (Å²) in [5.41, 5.74) is 2.41. The first-order valence-electron chi connectivity index (χ1n) is 6.51. The summed E-state index contributed by atoms with van der Waals surface area (Å²) in [4.78, 5) is 2.37. The second-order valence-corrected chi connectivity index (χ2v) is 4.84. The third-order valence-electron chi connectivity index (χ3n) is 3.68. The Hall–Kier alpha value is -1.25. The van der Waals surface area contributed by atoms with E-state index in [4.69, 9.17) is 0 Å². The van der Waals surface area contributed by atoms with Gasteiger partial charge >= 0.3 is 0 Å². The van der Waals surface area contributed by atoms with Crippen LogP contribution in [0.1, 0.15) is 17.5 Å². The maximum atomic E-state index is 9.96. The zero-order chi connectivity index (χ0) is 13.0. The van der Waals surface area contributed by atoms with E-state index in [2.05, 4.69) is 24.1 Å². The predicted molar refractivity (Wildman–Crippen MR) is 83.1 cm³/mol. The largest absolute Gasteiger partial charge is 0.508 e. The van der Waals surface area contributed by atoms with Gasteiger partial charge < -0.3 is 5.11 Å². The standard InChI is InChI=1S/C16H21NO.ClH/c1-3-10-17(11-4-2)14-9-8-13-6-5-7-16(18)15(13)12-14;/h3-7,14,18H,1-2,8-12H2;1H. The van der Waals surface area contributed by atoms with E-state index in [1.165, 1.54) is 5.56 Å². The molecule has 1 atom stereocenters. The maximum absolute atomic E-state index is 9.96. The summed E-state index contributed by atoms with van der Waals surface area (Å²) in [5.74, 6) is 0.439. The van der Waals surface area contributed by atoms with Gasteiger partial charge in [-0.3, -0.25) is 4.90 Å². The SMILES string of the molecule is C=CCN(CC=C)C1CCc2cccc(O)c2C1.Cl. The second-order valence-electron chi connectivity index (χ2n) is 4.84. The van der Waals surface area contributed by atoms with E-state index in [9.17, 15) is 5.11 Å². The maximum Gasteiger partial charge on any atom is 0.119 e. The minimum absolute atomic E-state index is 0. The molecule has 0 spiro atoms. The number of phenolic OH excluding ortho intramolecular Hbond substituents is 1. The molecule has 2 rings (SSSR count). The Bertz CT molecular complexity index is 434. The molecule has 1 unspecified atom stereocenters. The molecule has 1 aliphatic rings. The van der Waals surface area contributed by atoms with Crippen molar-refractivity contribution in [3.63, 3.8) is 0 Å². The van der Waals surface area contributed by atoms with Crippen LogP contribution in [0.25, 0.3) is 0 Å². The van der Waals surface area contributed by atoms with E-state index in [0.717, 1.165) is 37.9 Å². The first-order valence-corrected chi connectivity index (χ1v) is 6.51. The van der Waals surface area contributed by atoms with E-state index in [-0.39, 0.29) is 12.4 Å². The molecule has 0 fully saturated rings. The van der Waals surface area contributed by atoms with Gasteiger partial charge in [0.05, 0.1) is 0 Å². The number of nitrogens with zero attached hydrogens (tertiary/aromatic N) is 1. The molecule has 1 aromatic rings. The molecule has 0 amide bonds. The van der Waals surface area contributed by atoms with Crippen LogP contribution < -0.4 is 0 Å². The Morgan fingerprint density at radius 1 is 1.26 bits per heavy atom. The molecule has 3 heteroatoms. The fourth-order valence-corrected chi connectivity index (χ4v) is 2.77. The lowest BCUT2D eigenvalue weighted by atomic mass is 9.87. The van der Waals surface area contributed by atoms with Gasteiger partial charge in [-0.15, -0.1) is 25.6 Å². The Balaban J connectivity index is 0.00000180. The molecule has 1 aliphatic carbocycles. The second kappa shape index (κ2) is 7.37. The number of phenols is 1. The third kappa shape index (κ3) is 3.62. The van der Waals surface area contributed by atoms with Crippen LogP contribution in [0.2, 0.25) is 0 Å². The number of hydrogen-bond acceptors (Lipinski definition) is 2. The van der Waals surface area contributed by atoms with Crippen LogP contribution in [0.4, 0.5) is 0 Å². The lowest BCUT2D eigenvalue weighted by Crippen LogP contribution is -2.39. The van der Waals surface area contributed by atoms with E-state index in [1.807, 2.05) is 18.2 Å². The van der Waals surface area contributed by atoms with Crippen LogP contribution in [0.3, 0.4) is 0 Å². The summed E-state index contributed by atoms with van der Waals surface area (Å²) in [6.07, 6.45) is 6.97. The molecule has 0 aromatic heterocycles. The molecular formula is C16H22ClNO. The minimum Gasteiger partial charge on any atom is -0.508 e. The van der Waals surface area contributed by atoms with Crippen molar-refractivity contribution >= 4 is 12.4 Å². The lowest BCUT2D eigenvalue weighted by Gasteiger charge is -2.34. The van der Waals surface area contributed by atoms with Gasteiger partial charge in [0.1, 0.15) is 5.75 Å². The van der Waals surface area contributed by atoms with Crippen LogP contribution in [0.15, 0.2) is 43.5 Å². The van der Waals surface area contributed by atoms with Crippen LogP contribution in [0, 0.1) is 0 Å². The van der Waals surface area contributed by atoms with E-state index in [0.29, 0.717) is 11.8 Å². The average molecular weight is 280 g/mol. The number of benzene rings is 1. The third-order valence-corrected chi connectivity index (χ3v) is 3.68. The lowest BCUT2D eigenvalue weighted by molar-refractivity contribution is 0.218. The summed E-state index contributed by atoms with van der Waals surface area (Å²) in [7, 11) is 0. The Morgan fingerprint density at radius 3 is 2.58 bits per heavy atom. The molecule has 0 saturated heterocycles. The highest BCUT2D eigenvalue weighted by Gasteiger charge is 2.24. The van der Waals surface area contributed by atoms with E-state index < -0.39 is 0 Å². The van der Waals surface area contributed by atoms with Crippen LogP contribution in [0.5, 0.6) is 5.75 Å². The first kappa shape index (κ1) is 15.8. The van der Waals surface area contributed by atoms with Gasteiger partial charge in [0.25, 0.3) is 0 Å². The topological polar surface area (TPSA) is 23.5 Å². The highest BCUT2D eigenvalue weighted by Crippen LogP contribution is 2.30. The number of aryl methyl sites for hydroxylation is 1. The number of rotatable bonds is 5. The van der Waals surface area contributed by atoms with Crippen LogP contribution in [-0.2, 0) is 12.8 Å². The number of halogens is 1. The summed E-state index contributed by atoms with van der Waals surface area (Å²) < 4.78 is 0. The zero-order valence-electron chi connectivity index (χ0n) is 11.2. The predicted octanol–water partition coefficient (Wildman–Crippen LogP) is 3.35. The van der Waals surface area contributed by atoms with Gasteiger partial charge in [0.2, 0.25) is 0 Å².